The van der Waals surface area contributed by atoms with Crippen molar-refractivity contribution in [1.82, 2.24) is 9.97 Å². The molecule has 0 radical (unpaired) electrons. The fraction of sp³-hybridized carbons (Fsp3) is 0.600. The zero-order valence-electron chi connectivity index (χ0n) is 9.11. The quantitative estimate of drug-likeness (QED) is 0.696. The summed E-state index contributed by atoms with van der Waals surface area (Å²) in [6.45, 7) is 4.47. The van der Waals surface area contributed by atoms with E-state index >= 15 is 0 Å². The van der Waals surface area contributed by atoms with Gasteiger partial charge in [0.15, 0.2) is 0 Å². The number of likely N-dealkylation sites (N-methyl/N-ethyl adjacent to an activating group) is 1. The van der Waals surface area contributed by atoms with Crippen molar-refractivity contribution in [1.29, 1.82) is 0 Å². The van der Waals surface area contributed by atoms with Crippen LogP contribution in [0.15, 0.2) is 12.4 Å². The van der Waals surface area contributed by atoms with Crippen molar-refractivity contribution in [3.63, 3.8) is 0 Å². The van der Waals surface area contributed by atoms with Gasteiger partial charge in [-0.2, -0.15) is 0 Å². The molecule has 1 aromatic rings. The van der Waals surface area contributed by atoms with Crippen LogP contribution >= 0.6 is 11.6 Å². The van der Waals surface area contributed by atoms with E-state index in [1.165, 1.54) is 0 Å². The maximum absolute atomic E-state index is 5.64. The molecule has 0 saturated heterocycles. The maximum atomic E-state index is 5.64. The molecule has 1 rings (SSSR count). The second-order valence-corrected chi connectivity index (χ2v) is 3.34. The van der Waals surface area contributed by atoms with E-state index in [0.717, 1.165) is 24.6 Å². The third-order valence-electron chi connectivity index (χ3n) is 2.10. The predicted molar refractivity (Wildman–Crippen MR) is 61.4 cm³/mol. The van der Waals surface area contributed by atoms with Crippen molar-refractivity contribution in [2.24, 2.45) is 0 Å². The SMILES string of the molecule is CCN(CCOC)c1cnc(CCl)cn1. The fourth-order valence-corrected chi connectivity index (χ4v) is 1.35. The molecule has 0 aromatic carbocycles. The molecule has 0 fully saturated rings. The van der Waals surface area contributed by atoms with Gasteiger partial charge in [-0.25, -0.2) is 4.98 Å². The Bertz CT molecular complexity index is 279. The minimum absolute atomic E-state index is 0.400. The van der Waals surface area contributed by atoms with E-state index in [4.69, 9.17) is 16.3 Å². The number of rotatable bonds is 6. The van der Waals surface area contributed by atoms with Crippen LogP contribution in [0.3, 0.4) is 0 Å². The van der Waals surface area contributed by atoms with Gasteiger partial charge in [0.2, 0.25) is 0 Å². The van der Waals surface area contributed by atoms with Crippen molar-refractivity contribution in [3.8, 4) is 0 Å². The summed E-state index contributed by atoms with van der Waals surface area (Å²) in [6.07, 6.45) is 3.45. The number of nitrogens with zero attached hydrogens (tertiary/aromatic N) is 3. The van der Waals surface area contributed by atoms with Crippen LogP contribution in [0.1, 0.15) is 12.6 Å². The topological polar surface area (TPSA) is 38.2 Å². The molecule has 0 aliphatic rings. The summed E-state index contributed by atoms with van der Waals surface area (Å²) < 4.78 is 5.03. The summed E-state index contributed by atoms with van der Waals surface area (Å²) in [4.78, 5) is 10.6. The Hall–Kier alpha value is -0.870. The Labute approximate surface area is 95.2 Å². The van der Waals surface area contributed by atoms with Gasteiger partial charge in [-0.05, 0) is 6.92 Å². The molecule has 1 heterocycles. The van der Waals surface area contributed by atoms with Gasteiger partial charge in [0.05, 0.1) is 30.6 Å². The zero-order valence-corrected chi connectivity index (χ0v) is 9.87. The predicted octanol–water partition coefficient (Wildman–Crippen LogP) is 1.69. The third kappa shape index (κ3) is 3.64. The highest BCUT2D eigenvalue weighted by Crippen LogP contribution is 2.09. The molecule has 84 valence electrons. The fourth-order valence-electron chi connectivity index (χ4n) is 1.22. The number of ether oxygens (including phenoxy) is 1. The highest BCUT2D eigenvalue weighted by atomic mass is 35.5. The van der Waals surface area contributed by atoms with Crippen LogP contribution in [0.25, 0.3) is 0 Å². The lowest BCUT2D eigenvalue weighted by Gasteiger charge is -2.20. The van der Waals surface area contributed by atoms with Crippen LogP contribution in [0.5, 0.6) is 0 Å². The zero-order chi connectivity index (χ0) is 11.1. The smallest absolute Gasteiger partial charge is 0.147 e. The van der Waals surface area contributed by atoms with Crippen LogP contribution in [-0.4, -0.2) is 36.8 Å². The molecule has 0 aliphatic carbocycles. The van der Waals surface area contributed by atoms with Crippen molar-refractivity contribution in [3.05, 3.63) is 18.1 Å². The lowest BCUT2D eigenvalue weighted by atomic mass is 10.4. The summed E-state index contributed by atoms with van der Waals surface area (Å²) in [5.74, 6) is 1.26. The normalized spacial score (nSPS) is 10.3. The molecule has 0 saturated carbocycles. The first kappa shape index (κ1) is 12.2. The monoisotopic (exact) mass is 229 g/mol. The molecule has 0 spiro atoms. The number of anilines is 1. The molecular formula is C10H16ClN3O. The minimum atomic E-state index is 0.400. The molecule has 0 aliphatic heterocycles. The van der Waals surface area contributed by atoms with Gasteiger partial charge in [-0.15, -0.1) is 11.6 Å². The van der Waals surface area contributed by atoms with Gasteiger partial charge in [-0.3, -0.25) is 4.98 Å². The van der Waals surface area contributed by atoms with Gasteiger partial charge in [0.1, 0.15) is 5.82 Å². The standard InChI is InChI=1S/C10H16ClN3O/c1-3-14(4-5-15-2)10-8-12-9(6-11)7-13-10/h7-8H,3-6H2,1-2H3. The number of aromatic nitrogens is 2. The molecular weight excluding hydrogens is 214 g/mol. The van der Waals surface area contributed by atoms with E-state index in [9.17, 15) is 0 Å². The largest absolute Gasteiger partial charge is 0.383 e. The van der Waals surface area contributed by atoms with Gasteiger partial charge < -0.3 is 9.64 Å². The van der Waals surface area contributed by atoms with Crippen LogP contribution in [0, 0.1) is 0 Å². The molecule has 0 atom stereocenters. The van der Waals surface area contributed by atoms with Crippen molar-refractivity contribution in [2.45, 2.75) is 12.8 Å². The van der Waals surface area contributed by atoms with E-state index in [2.05, 4.69) is 21.8 Å². The van der Waals surface area contributed by atoms with E-state index in [-0.39, 0.29) is 0 Å². The molecule has 4 nitrogen and oxygen atoms in total. The first-order valence-corrected chi connectivity index (χ1v) is 5.46. The van der Waals surface area contributed by atoms with Crippen molar-refractivity contribution < 1.29 is 4.74 Å². The summed E-state index contributed by atoms with van der Waals surface area (Å²) in [7, 11) is 1.69. The summed E-state index contributed by atoms with van der Waals surface area (Å²) in [5, 5.41) is 0. The van der Waals surface area contributed by atoms with Crippen LogP contribution in [0.2, 0.25) is 0 Å². The Balaban J connectivity index is 2.65. The second-order valence-electron chi connectivity index (χ2n) is 3.07. The first-order chi connectivity index (χ1) is 7.31. The van der Waals surface area contributed by atoms with Gasteiger partial charge in [-0.1, -0.05) is 0 Å². The third-order valence-corrected chi connectivity index (χ3v) is 2.37. The lowest BCUT2D eigenvalue weighted by molar-refractivity contribution is 0.205. The molecule has 15 heavy (non-hydrogen) atoms. The van der Waals surface area contributed by atoms with Gasteiger partial charge in [0.25, 0.3) is 0 Å². The number of hydrogen-bond donors (Lipinski definition) is 0. The molecule has 0 unspecified atom stereocenters. The van der Waals surface area contributed by atoms with Crippen molar-refractivity contribution >= 4 is 17.4 Å². The lowest BCUT2D eigenvalue weighted by Crippen LogP contribution is -2.27. The van der Waals surface area contributed by atoms with Crippen LogP contribution in [0.4, 0.5) is 5.82 Å². The van der Waals surface area contributed by atoms with Crippen LogP contribution < -0.4 is 4.90 Å². The van der Waals surface area contributed by atoms with E-state index in [1.54, 1.807) is 19.5 Å². The second kappa shape index (κ2) is 6.58. The molecule has 0 bridgehead atoms. The minimum Gasteiger partial charge on any atom is -0.383 e. The van der Waals surface area contributed by atoms with Gasteiger partial charge >= 0.3 is 0 Å². The van der Waals surface area contributed by atoms with E-state index < -0.39 is 0 Å². The summed E-state index contributed by atoms with van der Waals surface area (Å²) >= 11 is 5.64. The molecule has 0 amide bonds. The first-order valence-electron chi connectivity index (χ1n) is 4.92. The molecule has 1 aromatic heterocycles. The van der Waals surface area contributed by atoms with Crippen molar-refractivity contribution in [2.75, 3.05) is 31.7 Å². The highest BCUT2D eigenvalue weighted by molar-refractivity contribution is 6.16. The maximum Gasteiger partial charge on any atom is 0.147 e. The average Bonchev–Trinajstić information content (AvgIpc) is 2.31. The molecule has 5 heteroatoms. The molecule has 0 N–H and O–H groups in total. The summed E-state index contributed by atoms with van der Waals surface area (Å²) in [5.41, 5.74) is 0.795. The van der Waals surface area contributed by atoms with E-state index in [0.29, 0.717) is 12.5 Å². The number of alkyl halides is 1. The Kier molecular flexibility index (Phi) is 5.36. The number of hydrogen-bond acceptors (Lipinski definition) is 4. The number of halogens is 1. The Morgan fingerprint density at radius 3 is 2.67 bits per heavy atom. The Morgan fingerprint density at radius 1 is 1.40 bits per heavy atom. The van der Waals surface area contributed by atoms with E-state index in [1.807, 2.05) is 0 Å². The van der Waals surface area contributed by atoms with Gasteiger partial charge in [0, 0.05) is 20.2 Å². The Morgan fingerprint density at radius 2 is 2.20 bits per heavy atom. The number of methoxy groups -OCH3 is 1. The van der Waals surface area contributed by atoms with Crippen LogP contribution in [-0.2, 0) is 10.6 Å². The highest BCUT2D eigenvalue weighted by Gasteiger charge is 2.05. The average molecular weight is 230 g/mol. The summed E-state index contributed by atoms with van der Waals surface area (Å²) in [6, 6.07) is 0.